The third-order valence-electron chi connectivity index (χ3n) is 2.83. The van der Waals surface area contributed by atoms with E-state index in [1.54, 1.807) is 12.1 Å². The summed E-state index contributed by atoms with van der Waals surface area (Å²) in [7, 11) is -3.60. The zero-order valence-electron chi connectivity index (χ0n) is 9.84. The zero-order valence-corrected chi connectivity index (χ0v) is 11.4. The van der Waals surface area contributed by atoms with Gasteiger partial charge >= 0.3 is 0 Å². The maximum Gasteiger partial charge on any atom is 0.245 e. The highest BCUT2D eigenvalue weighted by atomic mass is 35.5. The number of hydrogen-bond acceptors (Lipinski definition) is 3. The van der Waals surface area contributed by atoms with E-state index in [1.165, 1.54) is 16.4 Å². The van der Waals surface area contributed by atoms with Gasteiger partial charge in [-0.25, -0.2) is 8.42 Å². The van der Waals surface area contributed by atoms with Gasteiger partial charge in [0.25, 0.3) is 0 Å². The molecular formula is C12H15ClN2O2S. The van der Waals surface area contributed by atoms with Crippen LogP contribution in [0.4, 0.5) is 5.69 Å². The Morgan fingerprint density at radius 1 is 1.50 bits per heavy atom. The topological polar surface area (TPSA) is 63.4 Å². The fourth-order valence-corrected chi connectivity index (χ4v) is 3.83. The van der Waals surface area contributed by atoms with E-state index in [1.807, 2.05) is 0 Å². The van der Waals surface area contributed by atoms with Crippen molar-refractivity contribution in [2.45, 2.75) is 23.8 Å². The minimum atomic E-state index is -3.60. The zero-order chi connectivity index (χ0) is 13.3. The Balaban J connectivity index is 2.45. The number of benzene rings is 1. The molecule has 0 unspecified atom stereocenters. The van der Waals surface area contributed by atoms with Gasteiger partial charge < -0.3 is 5.73 Å². The van der Waals surface area contributed by atoms with E-state index in [9.17, 15) is 8.42 Å². The van der Waals surface area contributed by atoms with Gasteiger partial charge in [0.15, 0.2) is 0 Å². The molecule has 1 aliphatic carbocycles. The Morgan fingerprint density at radius 3 is 2.72 bits per heavy atom. The molecule has 2 N–H and O–H groups in total. The largest absolute Gasteiger partial charge is 0.398 e. The third kappa shape index (κ3) is 2.53. The first-order chi connectivity index (χ1) is 8.46. The Hall–Kier alpha value is -1.04. The number of sulfonamides is 1. The maximum absolute atomic E-state index is 12.5. The number of hydrogen-bond donors (Lipinski definition) is 1. The SMILES string of the molecule is C=CCN(C1CC1)S(=O)(=O)c1cc(Cl)ccc1N. The Bertz CT molecular complexity index is 567. The summed E-state index contributed by atoms with van der Waals surface area (Å²) in [5, 5.41) is 0.358. The van der Waals surface area contributed by atoms with Crippen molar-refractivity contribution >= 4 is 27.3 Å². The van der Waals surface area contributed by atoms with Crippen LogP contribution in [-0.2, 0) is 10.0 Å². The van der Waals surface area contributed by atoms with Crippen molar-refractivity contribution in [3.05, 3.63) is 35.9 Å². The lowest BCUT2D eigenvalue weighted by Gasteiger charge is -2.21. The van der Waals surface area contributed by atoms with Gasteiger partial charge in [-0.15, -0.1) is 6.58 Å². The number of nitrogens with two attached hydrogens (primary N) is 1. The van der Waals surface area contributed by atoms with Crippen LogP contribution >= 0.6 is 11.6 Å². The molecule has 0 bridgehead atoms. The van der Waals surface area contributed by atoms with Gasteiger partial charge in [-0.3, -0.25) is 0 Å². The first kappa shape index (κ1) is 13.4. The van der Waals surface area contributed by atoms with Crippen LogP contribution in [0.3, 0.4) is 0 Å². The average Bonchev–Trinajstić information content (AvgIpc) is 3.13. The summed E-state index contributed by atoms with van der Waals surface area (Å²) < 4.78 is 26.5. The van der Waals surface area contributed by atoms with E-state index in [-0.39, 0.29) is 16.6 Å². The van der Waals surface area contributed by atoms with Gasteiger partial charge in [-0.1, -0.05) is 17.7 Å². The van der Waals surface area contributed by atoms with E-state index in [0.29, 0.717) is 11.6 Å². The first-order valence-electron chi connectivity index (χ1n) is 5.64. The number of halogens is 1. The third-order valence-corrected chi connectivity index (χ3v) is 5.03. The molecule has 0 radical (unpaired) electrons. The molecule has 1 aromatic rings. The number of rotatable bonds is 5. The van der Waals surface area contributed by atoms with Crippen LogP contribution in [0, 0.1) is 0 Å². The highest BCUT2D eigenvalue weighted by molar-refractivity contribution is 7.89. The molecule has 4 nitrogen and oxygen atoms in total. The van der Waals surface area contributed by atoms with Crippen LogP contribution in [0.25, 0.3) is 0 Å². The fourth-order valence-electron chi connectivity index (χ4n) is 1.79. The molecule has 1 aliphatic rings. The molecule has 0 saturated heterocycles. The second kappa shape index (κ2) is 4.91. The van der Waals surface area contributed by atoms with Crippen LogP contribution in [0.15, 0.2) is 35.7 Å². The molecule has 0 atom stereocenters. The van der Waals surface area contributed by atoms with E-state index < -0.39 is 10.0 Å². The standard InChI is InChI=1S/C12H15ClN2O2S/c1-2-7-15(10-4-5-10)18(16,17)12-8-9(13)3-6-11(12)14/h2-3,6,8,10H,1,4-5,7,14H2. The monoisotopic (exact) mass is 286 g/mol. The number of nitrogens with zero attached hydrogens (tertiary/aromatic N) is 1. The summed E-state index contributed by atoms with van der Waals surface area (Å²) in [6, 6.07) is 4.54. The second-order valence-corrected chi connectivity index (χ2v) is 6.57. The first-order valence-corrected chi connectivity index (χ1v) is 7.46. The van der Waals surface area contributed by atoms with Crippen molar-refractivity contribution in [2.75, 3.05) is 12.3 Å². The molecule has 0 aliphatic heterocycles. The summed E-state index contributed by atoms with van der Waals surface area (Å²) in [5.74, 6) is 0. The maximum atomic E-state index is 12.5. The summed E-state index contributed by atoms with van der Waals surface area (Å²) in [5.41, 5.74) is 5.96. The van der Waals surface area contributed by atoms with Crippen LogP contribution in [0.5, 0.6) is 0 Å². The van der Waals surface area contributed by atoms with Gasteiger partial charge in [0.05, 0.1) is 5.69 Å². The van der Waals surface area contributed by atoms with Crippen LogP contribution in [-0.4, -0.2) is 25.3 Å². The van der Waals surface area contributed by atoms with Crippen molar-refractivity contribution in [2.24, 2.45) is 0 Å². The molecule has 6 heteroatoms. The van der Waals surface area contributed by atoms with Crippen molar-refractivity contribution in [1.82, 2.24) is 4.31 Å². The van der Waals surface area contributed by atoms with Gasteiger partial charge in [0.2, 0.25) is 10.0 Å². The molecule has 98 valence electrons. The van der Waals surface area contributed by atoms with Crippen molar-refractivity contribution in [1.29, 1.82) is 0 Å². The van der Waals surface area contributed by atoms with Crippen LogP contribution in [0.1, 0.15) is 12.8 Å². The normalized spacial score (nSPS) is 15.9. The van der Waals surface area contributed by atoms with Crippen LogP contribution in [0.2, 0.25) is 5.02 Å². The molecule has 0 amide bonds. The van der Waals surface area contributed by atoms with Crippen LogP contribution < -0.4 is 5.73 Å². The minimum absolute atomic E-state index is 0.0615. The smallest absolute Gasteiger partial charge is 0.245 e. The molecule has 0 spiro atoms. The van der Waals surface area contributed by atoms with E-state index >= 15 is 0 Å². The Morgan fingerprint density at radius 2 is 2.17 bits per heavy atom. The van der Waals surface area contributed by atoms with Gasteiger partial charge in [0.1, 0.15) is 4.90 Å². The predicted molar refractivity (Wildman–Crippen MR) is 73.0 cm³/mol. The van der Waals surface area contributed by atoms with Crippen molar-refractivity contribution in [3.63, 3.8) is 0 Å². The summed E-state index contributed by atoms with van der Waals surface area (Å²) in [6.45, 7) is 3.89. The molecule has 1 saturated carbocycles. The van der Waals surface area contributed by atoms with E-state index in [2.05, 4.69) is 6.58 Å². The number of nitrogen functional groups attached to an aromatic ring is 1. The highest BCUT2D eigenvalue weighted by Gasteiger charge is 2.38. The molecular weight excluding hydrogens is 272 g/mol. The highest BCUT2D eigenvalue weighted by Crippen LogP contribution is 2.34. The van der Waals surface area contributed by atoms with E-state index in [0.717, 1.165) is 12.8 Å². The summed E-state index contributed by atoms with van der Waals surface area (Å²) in [4.78, 5) is 0.0729. The molecule has 18 heavy (non-hydrogen) atoms. The fraction of sp³-hybridized carbons (Fsp3) is 0.333. The molecule has 1 fully saturated rings. The second-order valence-electron chi connectivity index (χ2n) is 4.28. The lowest BCUT2D eigenvalue weighted by Crippen LogP contribution is -2.33. The Kier molecular flexibility index (Phi) is 3.66. The van der Waals surface area contributed by atoms with Crippen molar-refractivity contribution in [3.8, 4) is 0 Å². The van der Waals surface area contributed by atoms with E-state index in [4.69, 9.17) is 17.3 Å². The minimum Gasteiger partial charge on any atom is -0.398 e. The average molecular weight is 287 g/mol. The van der Waals surface area contributed by atoms with Gasteiger partial charge in [0, 0.05) is 17.6 Å². The van der Waals surface area contributed by atoms with Gasteiger partial charge in [-0.05, 0) is 31.0 Å². The molecule has 0 aromatic heterocycles. The lowest BCUT2D eigenvalue weighted by atomic mass is 10.3. The molecule has 0 heterocycles. The molecule has 2 rings (SSSR count). The molecule has 1 aromatic carbocycles. The lowest BCUT2D eigenvalue weighted by molar-refractivity contribution is 0.436. The van der Waals surface area contributed by atoms with Gasteiger partial charge in [-0.2, -0.15) is 4.31 Å². The quantitative estimate of drug-likeness (QED) is 0.667. The summed E-state index contributed by atoms with van der Waals surface area (Å²) >= 11 is 5.84. The van der Waals surface area contributed by atoms with Crippen molar-refractivity contribution < 1.29 is 8.42 Å². The Labute approximate surface area is 112 Å². The number of anilines is 1. The predicted octanol–water partition coefficient (Wildman–Crippen LogP) is 2.26. The summed E-state index contributed by atoms with van der Waals surface area (Å²) in [6.07, 6.45) is 3.34.